The average Bonchev–Trinajstić information content (AvgIpc) is 3.09. The number of rotatable bonds is 5. The first-order valence-electron chi connectivity index (χ1n) is 8.30. The number of aryl methyl sites for hydroxylation is 2. The summed E-state index contributed by atoms with van der Waals surface area (Å²) >= 11 is 5.88. The first kappa shape index (κ1) is 17.5. The molecule has 2 heterocycles. The van der Waals surface area contributed by atoms with Gasteiger partial charge in [0.15, 0.2) is 0 Å². The van der Waals surface area contributed by atoms with E-state index in [2.05, 4.69) is 15.5 Å². The Kier molecular flexibility index (Phi) is 5.08. The number of nitrogens with zero attached hydrogens (tertiary/aromatic N) is 2. The van der Waals surface area contributed by atoms with Gasteiger partial charge in [0.2, 0.25) is 11.8 Å². The lowest BCUT2D eigenvalue weighted by Gasteiger charge is -2.17. The first-order valence-corrected chi connectivity index (χ1v) is 8.67. The van der Waals surface area contributed by atoms with Crippen molar-refractivity contribution in [2.45, 2.75) is 39.2 Å². The molecule has 0 aliphatic carbocycles. The predicted molar refractivity (Wildman–Crippen MR) is 96.7 cm³/mol. The van der Waals surface area contributed by atoms with Gasteiger partial charge in [-0.3, -0.25) is 14.7 Å². The van der Waals surface area contributed by atoms with Gasteiger partial charge in [-0.2, -0.15) is 5.10 Å². The second-order valence-corrected chi connectivity index (χ2v) is 6.80. The fourth-order valence-corrected chi connectivity index (χ4v) is 3.28. The minimum atomic E-state index is -0.165. The molecule has 0 saturated carbocycles. The van der Waals surface area contributed by atoms with Crippen LogP contribution in [-0.2, 0) is 16.0 Å². The average molecular weight is 361 g/mol. The molecule has 1 aliphatic heterocycles. The zero-order valence-corrected chi connectivity index (χ0v) is 15.1. The molecule has 1 fully saturated rings. The van der Waals surface area contributed by atoms with Crippen LogP contribution in [0.2, 0.25) is 5.02 Å². The van der Waals surface area contributed by atoms with E-state index >= 15 is 0 Å². The summed E-state index contributed by atoms with van der Waals surface area (Å²) in [6.45, 7) is 4.36. The van der Waals surface area contributed by atoms with Crippen LogP contribution in [0.4, 0.5) is 5.69 Å². The van der Waals surface area contributed by atoms with Crippen LogP contribution in [0.1, 0.15) is 29.8 Å². The maximum absolute atomic E-state index is 12.2. The Morgan fingerprint density at radius 1 is 1.36 bits per heavy atom. The molecule has 0 radical (unpaired) electrons. The Labute approximate surface area is 151 Å². The number of aromatic amines is 1. The topological polar surface area (TPSA) is 78.1 Å². The molecular formula is C18H21ClN4O2. The number of H-pyrrole nitrogens is 1. The zero-order chi connectivity index (χ0) is 18.0. The van der Waals surface area contributed by atoms with Crippen molar-refractivity contribution in [3.8, 4) is 0 Å². The van der Waals surface area contributed by atoms with Gasteiger partial charge in [0.25, 0.3) is 0 Å². The number of aromatic nitrogens is 2. The molecule has 1 aromatic heterocycles. The van der Waals surface area contributed by atoms with Crippen molar-refractivity contribution in [2.75, 3.05) is 11.4 Å². The number of carbonyl (C=O) groups is 2. The van der Waals surface area contributed by atoms with Crippen molar-refractivity contribution in [3.63, 3.8) is 0 Å². The highest BCUT2D eigenvalue weighted by molar-refractivity contribution is 6.30. The highest BCUT2D eigenvalue weighted by Gasteiger charge is 2.31. The third-order valence-corrected chi connectivity index (χ3v) is 4.76. The minimum absolute atomic E-state index is 0.00847. The lowest BCUT2D eigenvalue weighted by Crippen LogP contribution is -2.37. The van der Waals surface area contributed by atoms with Crippen LogP contribution >= 0.6 is 11.6 Å². The lowest BCUT2D eigenvalue weighted by atomic mass is 10.1. The molecule has 1 saturated heterocycles. The minimum Gasteiger partial charge on any atom is -0.351 e. The molecular weight excluding hydrogens is 340 g/mol. The van der Waals surface area contributed by atoms with Crippen LogP contribution < -0.4 is 10.2 Å². The van der Waals surface area contributed by atoms with Crippen LogP contribution in [0.3, 0.4) is 0 Å². The van der Waals surface area contributed by atoms with Crippen LogP contribution in [0.15, 0.2) is 24.3 Å². The van der Waals surface area contributed by atoms with Gasteiger partial charge in [0, 0.05) is 35.8 Å². The van der Waals surface area contributed by atoms with Gasteiger partial charge in [0.1, 0.15) is 0 Å². The fraction of sp³-hybridized carbons (Fsp3) is 0.389. The second-order valence-electron chi connectivity index (χ2n) is 6.36. The summed E-state index contributed by atoms with van der Waals surface area (Å²) in [6, 6.07) is 6.98. The van der Waals surface area contributed by atoms with Crippen molar-refractivity contribution in [1.82, 2.24) is 15.5 Å². The number of hydrogen-bond donors (Lipinski definition) is 2. The molecule has 2 amide bonds. The molecule has 1 aromatic carbocycles. The third kappa shape index (κ3) is 4.02. The summed E-state index contributed by atoms with van der Waals surface area (Å²) in [5.74, 6) is -0.0371. The Balaban J connectivity index is 1.54. The normalized spacial score (nSPS) is 17.2. The molecule has 0 spiro atoms. The highest BCUT2D eigenvalue weighted by atomic mass is 35.5. The van der Waals surface area contributed by atoms with Crippen molar-refractivity contribution < 1.29 is 9.59 Å². The number of anilines is 1. The summed E-state index contributed by atoms with van der Waals surface area (Å²) in [5.41, 5.74) is 3.81. The van der Waals surface area contributed by atoms with Gasteiger partial charge in [-0.05, 0) is 50.1 Å². The van der Waals surface area contributed by atoms with Crippen LogP contribution in [0.25, 0.3) is 0 Å². The van der Waals surface area contributed by atoms with Gasteiger partial charge in [0.05, 0.1) is 11.7 Å². The molecule has 6 nitrogen and oxygen atoms in total. The van der Waals surface area contributed by atoms with Crippen molar-refractivity contribution >= 4 is 29.1 Å². The predicted octanol–water partition coefficient (Wildman–Crippen LogP) is 2.53. The molecule has 1 atom stereocenters. The third-order valence-electron chi connectivity index (χ3n) is 4.51. The first-order chi connectivity index (χ1) is 11.9. The van der Waals surface area contributed by atoms with E-state index in [9.17, 15) is 9.59 Å². The van der Waals surface area contributed by atoms with Gasteiger partial charge in [-0.1, -0.05) is 11.6 Å². The molecule has 7 heteroatoms. The van der Waals surface area contributed by atoms with Crippen molar-refractivity contribution in [1.29, 1.82) is 0 Å². The van der Waals surface area contributed by atoms with E-state index in [0.29, 0.717) is 30.8 Å². The Morgan fingerprint density at radius 2 is 2.08 bits per heavy atom. The number of nitrogens with one attached hydrogen (secondary N) is 2. The molecule has 0 unspecified atom stereocenters. The quantitative estimate of drug-likeness (QED) is 0.860. The summed E-state index contributed by atoms with van der Waals surface area (Å²) in [4.78, 5) is 26.1. The summed E-state index contributed by atoms with van der Waals surface area (Å²) in [7, 11) is 0. The summed E-state index contributed by atoms with van der Waals surface area (Å²) in [5, 5.41) is 10.7. The van der Waals surface area contributed by atoms with Crippen molar-refractivity contribution in [2.24, 2.45) is 0 Å². The van der Waals surface area contributed by atoms with Gasteiger partial charge in [-0.15, -0.1) is 0 Å². The summed E-state index contributed by atoms with van der Waals surface area (Å²) in [6.07, 6.45) is 1.34. The number of amides is 2. The zero-order valence-electron chi connectivity index (χ0n) is 14.3. The maximum atomic E-state index is 12.2. The maximum Gasteiger partial charge on any atom is 0.229 e. The molecule has 132 valence electrons. The van der Waals surface area contributed by atoms with E-state index in [1.165, 1.54) is 0 Å². The second kappa shape index (κ2) is 7.27. The molecule has 2 N–H and O–H groups in total. The van der Waals surface area contributed by atoms with E-state index in [4.69, 9.17) is 11.6 Å². The van der Waals surface area contributed by atoms with E-state index in [1.807, 2.05) is 26.0 Å². The lowest BCUT2D eigenvalue weighted by molar-refractivity contribution is -0.121. The standard InChI is InChI=1S/C18H21ClN4O2/c1-11-16(12(2)22-21-11)7-8-17(24)20-14-9-18(25)23(10-14)15-5-3-13(19)4-6-15/h3-6,14H,7-10H2,1-2H3,(H,20,24)(H,21,22)/t14-/m0/s1. The molecule has 1 aliphatic rings. The number of hydrogen-bond acceptors (Lipinski definition) is 3. The van der Waals surface area contributed by atoms with Crippen molar-refractivity contribution in [3.05, 3.63) is 46.2 Å². The molecule has 25 heavy (non-hydrogen) atoms. The Morgan fingerprint density at radius 3 is 2.72 bits per heavy atom. The van der Waals surface area contributed by atoms with E-state index < -0.39 is 0 Å². The summed E-state index contributed by atoms with van der Waals surface area (Å²) < 4.78 is 0. The van der Waals surface area contributed by atoms with Gasteiger partial charge < -0.3 is 10.2 Å². The smallest absolute Gasteiger partial charge is 0.229 e. The number of benzene rings is 1. The Bertz CT molecular complexity index is 765. The highest BCUT2D eigenvalue weighted by Crippen LogP contribution is 2.23. The Hall–Kier alpha value is -2.34. The molecule has 0 bridgehead atoms. The monoisotopic (exact) mass is 360 g/mol. The number of carbonyl (C=O) groups excluding carboxylic acids is 2. The van der Waals surface area contributed by atoms with Crippen LogP contribution in [-0.4, -0.2) is 34.6 Å². The largest absolute Gasteiger partial charge is 0.351 e. The molecule has 3 rings (SSSR count). The van der Waals surface area contributed by atoms with Crippen LogP contribution in [0, 0.1) is 13.8 Å². The molecule has 2 aromatic rings. The van der Waals surface area contributed by atoms with E-state index in [-0.39, 0.29) is 17.9 Å². The van der Waals surface area contributed by atoms with Crippen LogP contribution in [0.5, 0.6) is 0 Å². The fourth-order valence-electron chi connectivity index (χ4n) is 3.16. The number of halogens is 1. The van der Waals surface area contributed by atoms with Gasteiger partial charge >= 0.3 is 0 Å². The van der Waals surface area contributed by atoms with E-state index in [1.54, 1.807) is 17.0 Å². The van der Waals surface area contributed by atoms with Gasteiger partial charge in [-0.25, -0.2) is 0 Å². The SMILES string of the molecule is Cc1n[nH]c(C)c1CCC(=O)N[C@H]1CC(=O)N(c2ccc(Cl)cc2)C1. The van der Waals surface area contributed by atoms with E-state index in [0.717, 1.165) is 22.6 Å².